The highest BCUT2D eigenvalue weighted by Gasteiger charge is 2.14. The van der Waals surface area contributed by atoms with E-state index in [9.17, 15) is 14.9 Å². The Morgan fingerprint density at radius 2 is 2.00 bits per heavy atom. The van der Waals surface area contributed by atoms with Crippen LogP contribution in [0.1, 0.15) is 0 Å². The average molecular weight is 369 g/mol. The third-order valence-electron chi connectivity index (χ3n) is 3.33. The normalized spacial score (nSPS) is 10.9. The van der Waals surface area contributed by atoms with Crippen LogP contribution in [0, 0.1) is 10.1 Å². The minimum Gasteiger partial charge on any atom is -0.490 e. The maximum absolute atomic E-state index is 11.9. The number of oxazole rings is 1. The quantitative estimate of drug-likeness (QED) is 0.503. The minimum absolute atomic E-state index is 0.124. The van der Waals surface area contributed by atoms with Gasteiger partial charge in [-0.1, -0.05) is 23.2 Å². The van der Waals surface area contributed by atoms with E-state index in [1.807, 2.05) is 0 Å². The van der Waals surface area contributed by atoms with Crippen LogP contribution in [0.5, 0.6) is 5.75 Å². The van der Waals surface area contributed by atoms with Crippen LogP contribution in [0.2, 0.25) is 10.0 Å². The van der Waals surface area contributed by atoms with Gasteiger partial charge in [0.25, 0.3) is 5.69 Å². The fourth-order valence-electron chi connectivity index (χ4n) is 2.21. The van der Waals surface area contributed by atoms with E-state index in [1.54, 1.807) is 18.2 Å². The largest absolute Gasteiger partial charge is 0.490 e. The molecule has 2 aromatic carbocycles. The molecular weight excluding hydrogens is 359 g/mol. The molecule has 0 saturated carbocycles. The molecule has 0 aliphatic carbocycles. The first-order chi connectivity index (χ1) is 11.5. The molecule has 24 heavy (non-hydrogen) atoms. The lowest BCUT2D eigenvalue weighted by molar-refractivity contribution is -0.384. The maximum atomic E-state index is 11.9. The molecule has 0 spiro atoms. The molecule has 0 saturated heterocycles. The van der Waals surface area contributed by atoms with Crippen LogP contribution >= 0.6 is 23.2 Å². The molecule has 0 amide bonds. The molecule has 0 N–H and O–H groups in total. The topological polar surface area (TPSA) is 87.5 Å². The molecule has 0 fully saturated rings. The number of fused-ring (bicyclic) bond motifs is 1. The third-order valence-corrected chi connectivity index (χ3v) is 3.86. The van der Waals surface area contributed by atoms with E-state index in [4.69, 9.17) is 32.4 Å². The van der Waals surface area contributed by atoms with E-state index in [2.05, 4.69) is 0 Å². The Labute approximate surface area is 145 Å². The van der Waals surface area contributed by atoms with Crippen molar-refractivity contribution in [1.82, 2.24) is 4.57 Å². The summed E-state index contributed by atoms with van der Waals surface area (Å²) in [6.07, 6.45) is 0. The molecule has 3 rings (SSSR count). The van der Waals surface area contributed by atoms with E-state index in [0.717, 1.165) is 0 Å². The van der Waals surface area contributed by atoms with Gasteiger partial charge in [-0.2, -0.15) is 0 Å². The van der Waals surface area contributed by atoms with Crippen molar-refractivity contribution in [3.05, 3.63) is 67.1 Å². The highest BCUT2D eigenvalue weighted by atomic mass is 35.5. The summed E-state index contributed by atoms with van der Waals surface area (Å²) in [5.41, 5.74) is 0.480. The van der Waals surface area contributed by atoms with E-state index in [-0.39, 0.29) is 24.4 Å². The summed E-state index contributed by atoms with van der Waals surface area (Å²) >= 11 is 11.8. The number of non-ortho nitro benzene ring substituents is 1. The second-order valence-corrected chi connectivity index (χ2v) is 5.70. The van der Waals surface area contributed by atoms with Crippen molar-refractivity contribution in [3.63, 3.8) is 0 Å². The van der Waals surface area contributed by atoms with Gasteiger partial charge in [-0.3, -0.25) is 14.7 Å². The predicted molar refractivity (Wildman–Crippen MR) is 89.1 cm³/mol. The molecule has 1 heterocycles. The smallest absolute Gasteiger partial charge is 0.420 e. The Balaban J connectivity index is 1.82. The summed E-state index contributed by atoms with van der Waals surface area (Å²) in [7, 11) is 0. The minimum atomic E-state index is -0.615. The van der Waals surface area contributed by atoms with Crippen molar-refractivity contribution in [3.8, 4) is 5.75 Å². The molecular formula is C15H10Cl2N2O5. The lowest BCUT2D eigenvalue weighted by Crippen LogP contribution is -2.18. The number of nitrogens with zero attached hydrogens (tertiary/aromatic N) is 2. The first-order valence-corrected chi connectivity index (χ1v) is 7.57. The van der Waals surface area contributed by atoms with Gasteiger partial charge in [0, 0.05) is 17.2 Å². The van der Waals surface area contributed by atoms with E-state index < -0.39 is 10.7 Å². The SMILES string of the molecule is O=c1oc2ccc([N+](=O)[O-])cc2n1CCOc1ccc(Cl)cc1Cl. The third kappa shape index (κ3) is 3.22. The number of nitro groups is 1. The number of aromatic nitrogens is 1. The highest BCUT2D eigenvalue weighted by molar-refractivity contribution is 6.35. The number of hydrogen-bond acceptors (Lipinski definition) is 5. The number of nitro benzene ring substituents is 1. The zero-order valence-electron chi connectivity index (χ0n) is 12.1. The Morgan fingerprint density at radius 3 is 2.71 bits per heavy atom. The van der Waals surface area contributed by atoms with E-state index in [1.165, 1.54) is 22.8 Å². The van der Waals surface area contributed by atoms with Crippen LogP contribution in [0.15, 0.2) is 45.6 Å². The second-order valence-electron chi connectivity index (χ2n) is 4.85. The van der Waals surface area contributed by atoms with Crippen molar-refractivity contribution < 1.29 is 14.1 Å². The van der Waals surface area contributed by atoms with Gasteiger partial charge in [0.15, 0.2) is 5.58 Å². The number of rotatable bonds is 5. The molecule has 0 aliphatic heterocycles. The van der Waals surface area contributed by atoms with Crippen LogP contribution in [-0.2, 0) is 6.54 Å². The molecule has 0 bridgehead atoms. The lowest BCUT2D eigenvalue weighted by Gasteiger charge is -2.08. The van der Waals surface area contributed by atoms with Crippen molar-refractivity contribution in [2.45, 2.75) is 6.54 Å². The van der Waals surface area contributed by atoms with Crippen LogP contribution in [0.4, 0.5) is 5.69 Å². The molecule has 0 atom stereocenters. The maximum Gasteiger partial charge on any atom is 0.420 e. The first kappa shape index (κ1) is 16.4. The van der Waals surface area contributed by atoms with Gasteiger partial charge in [0.1, 0.15) is 12.4 Å². The van der Waals surface area contributed by atoms with Crippen molar-refractivity contribution in [2.75, 3.05) is 6.61 Å². The monoisotopic (exact) mass is 368 g/mol. The number of hydrogen-bond donors (Lipinski definition) is 0. The molecule has 3 aromatic rings. The molecule has 0 unspecified atom stereocenters. The summed E-state index contributed by atoms with van der Waals surface area (Å²) in [4.78, 5) is 22.2. The second kappa shape index (κ2) is 6.54. The molecule has 7 nitrogen and oxygen atoms in total. The van der Waals surface area contributed by atoms with Gasteiger partial charge >= 0.3 is 5.76 Å². The molecule has 1 aromatic heterocycles. The molecule has 9 heteroatoms. The van der Waals surface area contributed by atoms with Gasteiger partial charge in [0.05, 0.1) is 22.0 Å². The summed E-state index contributed by atoms with van der Waals surface area (Å²) in [6.45, 7) is 0.268. The fraction of sp³-hybridized carbons (Fsp3) is 0.133. The first-order valence-electron chi connectivity index (χ1n) is 6.81. The van der Waals surface area contributed by atoms with Crippen LogP contribution in [0.3, 0.4) is 0 Å². The zero-order chi connectivity index (χ0) is 17.3. The summed E-state index contributed by atoms with van der Waals surface area (Å²) in [5, 5.41) is 11.7. The van der Waals surface area contributed by atoms with E-state index >= 15 is 0 Å². The number of benzene rings is 2. The summed E-state index contributed by atoms with van der Waals surface area (Å²) < 4.78 is 11.9. The van der Waals surface area contributed by atoms with Gasteiger partial charge in [-0.15, -0.1) is 0 Å². The molecule has 124 valence electrons. The predicted octanol–water partition coefficient (Wildman–Crippen LogP) is 3.89. The van der Waals surface area contributed by atoms with Crippen LogP contribution in [-0.4, -0.2) is 16.1 Å². The van der Waals surface area contributed by atoms with Crippen LogP contribution in [0.25, 0.3) is 11.1 Å². The van der Waals surface area contributed by atoms with Gasteiger partial charge < -0.3 is 9.15 Å². The van der Waals surface area contributed by atoms with E-state index in [0.29, 0.717) is 21.3 Å². The standard InChI is InChI=1S/C15H10Cl2N2O5/c16-9-1-3-13(11(17)7-9)23-6-5-18-12-8-10(19(21)22)2-4-14(12)24-15(18)20/h1-4,7-8H,5-6H2. The highest BCUT2D eigenvalue weighted by Crippen LogP contribution is 2.27. The van der Waals surface area contributed by atoms with Gasteiger partial charge in [-0.05, 0) is 24.3 Å². The molecule has 0 aliphatic rings. The fourth-order valence-corrected chi connectivity index (χ4v) is 2.68. The zero-order valence-corrected chi connectivity index (χ0v) is 13.6. The molecule has 0 radical (unpaired) electrons. The van der Waals surface area contributed by atoms with Gasteiger partial charge in [-0.25, -0.2) is 4.79 Å². The lowest BCUT2D eigenvalue weighted by atomic mass is 10.3. The summed E-state index contributed by atoms with van der Waals surface area (Å²) in [5.74, 6) is -0.191. The van der Waals surface area contributed by atoms with Gasteiger partial charge in [0.2, 0.25) is 0 Å². The van der Waals surface area contributed by atoms with Crippen molar-refractivity contribution in [2.24, 2.45) is 0 Å². The number of ether oxygens (including phenoxy) is 1. The summed E-state index contributed by atoms with van der Waals surface area (Å²) in [6, 6.07) is 8.75. The van der Waals surface area contributed by atoms with Crippen molar-refractivity contribution >= 4 is 40.0 Å². The Bertz CT molecular complexity index is 980. The number of halogens is 2. The Morgan fingerprint density at radius 1 is 1.21 bits per heavy atom. The van der Waals surface area contributed by atoms with Crippen LogP contribution < -0.4 is 10.5 Å². The van der Waals surface area contributed by atoms with Crippen molar-refractivity contribution in [1.29, 1.82) is 0 Å². The Hall–Kier alpha value is -2.51. The average Bonchev–Trinajstić information content (AvgIpc) is 2.84. The Kier molecular flexibility index (Phi) is 4.46.